The summed E-state index contributed by atoms with van der Waals surface area (Å²) in [5.74, 6) is -0.925. The summed E-state index contributed by atoms with van der Waals surface area (Å²) in [7, 11) is 0. The molecule has 1 aromatic heterocycles. The number of anilines is 1. The summed E-state index contributed by atoms with van der Waals surface area (Å²) in [5, 5.41) is 0. The molecule has 0 N–H and O–H groups in total. The van der Waals surface area contributed by atoms with E-state index in [1.54, 1.807) is 18.5 Å². The third-order valence-electron chi connectivity index (χ3n) is 5.40. The van der Waals surface area contributed by atoms with Crippen LogP contribution in [-0.2, 0) is 4.79 Å². The lowest BCUT2D eigenvalue weighted by atomic mass is 10.00. The summed E-state index contributed by atoms with van der Waals surface area (Å²) < 4.78 is 26.3. The Balaban J connectivity index is 1.37. The first-order valence-electron chi connectivity index (χ1n) is 9.47. The molecule has 3 heterocycles. The molecular formula is C21H22F2N4O. The summed E-state index contributed by atoms with van der Waals surface area (Å²) in [6.45, 7) is 4.08. The molecule has 2 aliphatic rings. The first kappa shape index (κ1) is 18.5. The number of fused-ring (bicyclic) bond motifs is 1. The molecule has 0 saturated carbocycles. The second-order valence-corrected chi connectivity index (χ2v) is 7.44. The molecule has 2 aliphatic heterocycles. The van der Waals surface area contributed by atoms with Crippen LogP contribution in [-0.4, -0.2) is 46.5 Å². The molecule has 2 saturated heterocycles. The van der Waals surface area contributed by atoms with Crippen LogP contribution in [0.1, 0.15) is 24.0 Å². The van der Waals surface area contributed by atoms with E-state index in [1.807, 2.05) is 17.9 Å². The fourth-order valence-corrected chi connectivity index (χ4v) is 3.92. The fraction of sp³-hybridized carbons (Fsp3) is 0.381. The van der Waals surface area contributed by atoms with Crippen LogP contribution in [0.4, 0.5) is 14.7 Å². The van der Waals surface area contributed by atoms with Gasteiger partial charge in [-0.25, -0.2) is 18.7 Å². The molecule has 2 atom stereocenters. The van der Waals surface area contributed by atoms with E-state index < -0.39 is 11.6 Å². The molecule has 0 spiro atoms. The van der Waals surface area contributed by atoms with Crippen molar-refractivity contribution in [3.05, 3.63) is 59.4 Å². The van der Waals surface area contributed by atoms with Crippen LogP contribution in [0.3, 0.4) is 0 Å². The Bertz CT molecular complexity index is 900. The molecule has 2 aromatic rings. The number of aromatic nitrogens is 2. The highest BCUT2D eigenvalue weighted by Crippen LogP contribution is 2.31. The molecule has 146 valence electrons. The SMILES string of the molecule is Cc1cnc(N2CCN3C(=O)[C@@H](C/C=C/c4ccc(F)c(F)c4)C[C@H]3C2)nc1. The van der Waals surface area contributed by atoms with Crippen molar-refractivity contribution < 1.29 is 13.6 Å². The normalized spacial score (nSPS) is 22.2. The maximum atomic E-state index is 13.3. The summed E-state index contributed by atoms with van der Waals surface area (Å²) in [6.07, 6.45) is 8.59. The average molecular weight is 384 g/mol. The summed E-state index contributed by atoms with van der Waals surface area (Å²) in [4.78, 5) is 25.6. The van der Waals surface area contributed by atoms with Crippen LogP contribution in [0.25, 0.3) is 6.08 Å². The molecule has 5 nitrogen and oxygen atoms in total. The second-order valence-electron chi connectivity index (χ2n) is 7.44. The van der Waals surface area contributed by atoms with Crippen molar-refractivity contribution in [2.45, 2.75) is 25.8 Å². The van der Waals surface area contributed by atoms with Crippen molar-refractivity contribution in [3.63, 3.8) is 0 Å². The van der Waals surface area contributed by atoms with Gasteiger partial charge in [0.25, 0.3) is 0 Å². The predicted molar refractivity (Wildman–Crippen MR) is 103 cm³/mol. The van der Waals surface area contributed by atoms with Crippen LogP contribution >= 0.6 is 0 Å². The molecule has 28 heavy (non-hydrogen) atoms. The van der Waals surface area contributed by atoms with Crippen molar-refractivity contribution in [1.82, 2.24) is 14.9 Å². The number of rotatable bonds is 4. The van der Waals surface area contributed by atoms with Gasteiger partial charge in [-0.05, 0) is 43.0 Å². The highest BCUT2D eigenvalue weighted by atomic mass is 19.2. The number of carbonyl (C=O) groups is 1. The molecule has 0 bridgehead atoms. The van der Waals surface area contributed by atoms with E-state index in [0.29, 0.717) is 24.5 Å². The van der Waals surface area contributed by atoms with E-state index >= 15 is 0 Å². The number of halogens is 2. The van der Waals surface area contributed by atoms with Gasteiger partial charge in [0.05, 0.1) is 6.04 Å². The minimum Gasteiger partial charge on any atom is -0.337 e. The quantitative estimate of drug-likeness (QED) is 0.812. The highest BCUT2D eigenvalue weighted by Gasteiger charge is 2.42. The monoisotopic (exact) mass is 384 g/mol. The Kier molecular flexibility index (Phi) is 5.07. The van der Waals surface area contributed by atoms with E-state index in [9.17, 15) is 13.6 Å². The number of carbonyl (C=O) groups excluding carboxylic acids is 1. The van der Waals surface area contributed by atoms with Gasteiger partial charge in [-0.2, -0.15) is 0 Å². The minimum atomic E-state index is -0.866. The van der Waals surface area contributed by atoms with E-state index in [2.05, 4.69) is 14.9 Å². The highest BCUT2D eigenvalue weighted by molar-refractivity contribution is 5.82. The van der Waals surface area contributed by atoms with Gasteiger partial charge in [0, 0.05) is 37.9 Å². The van der Waals surface area contributed by atoms with Gasteiger partial charge in [-0.15, -0.1) is 0 Å². The number of benzene rings is 1. The smallest absolute Gasteiger partial charge is 0.226 e. The number of amides is 1. The minimum absolute atomic E-state index is 0.0783. The Labute approximate surface area is 162 Å². The Morgan fingerprint density at radius 1 is 1.18 bits per heavy atom. The zero-order chi connectivity index (χ0) is 19.7. The zero-order valence-electron chi connectivity index (χ0n) is 15.7. The molecule has 0 aliphatic carbocycles. The van der Waals surface area contributed by atoms with Gasteiger partial charge in [-0.3, -0.25) is 4.79 Å². The van der Waals surface area contributed by atoms with Crippen LogP contribution in [0.15, 0.2) is 36.7 Å². The largest absolute Gasteiger partial charge is 0.337 e. The number of aryl methyl sites for hydroxylation is 1. The molecular weight excluding hydrogens is 362 g/mol. The van der Waals surface area contributed by atoms with Gasteiger partial charge in [0.15, 0.2) is 11.6 Å². The summed E-state index contributed by atoms with van der Waals surface area (Å²) in [6, 6.07) is 3.95. The third kappa shape index (κ3) is 3.74. The molecule has 0 radical (unpaired) electrons. The van der Waals surface area contributed by atoms with Gasteiger partial charge in [-0.1, -0.05) is 18.2 Å². The molecule has 7 heteroatoms. The van der Waals surface area contributed by atoms with Crippen LogP contribution < -0.4 is 4.90 Å². The predicted octanol–water partition coefficient (Wildman–Crippen LogP) is 3.20. The number of hydrogen-bond donors (Lipinski definition) is 0. The van der Waals surface area contributed by atoms with Crippen LogP contribution in [0.2, 0.25) is 0 Å². The van der Waals surface area contributed by atoms with Crippen molar-refractivity contribution in [3.8, 4) is 0 Å². The lowest BCUT2D eigenvalue weighted by Crippen LogP contribution is -2.52. The lowest BCUT2D eigenvalue weighted by Gasteiger charge is -2.37. The average Bonchev–Trinajstić information content (AvgIpc) is 3.00. The molecule has 1 amide bonds. The van der Waals surface area contributed by atoms with Crippen molar-refractivity contribution in [2.24, 2.45) is 5.92 Å². The molecule has 1 aromatic carbocycles. The summed E-state index contributed by atoms with van der Waals surface area (Å²) >= 11 is 0. The fourth-order valence-electron chi connectivity index (χ4n) is 3.92. The zero-order valence-corrected chi connectivity index (χ0v) is 15.7. The molecule has 0 unspecified atom stereocenters. The maximum Gasteiger partial charge on any atom is 0.226 e. The van der Waals surface area contributed by atoms with Gasteiger partial charge in [0.2, 0.25) is 11.9 Å². The summed E-state index contributed by atoms with van der Waals surface area (Å²) in [5.41, 5.74) is 1.61. The van der Waals surface area contributed by atoms with Crippen molar-refractivity contribution >= 4 is 17.9 Å². The molecule has 2 fully saturated rings. The number of hydrogen-bond acceptors (Lipinski definition) is 4. The standard InChI is InChI=1S/C21H22F2N4O/c1-14-11-24-21(25-12-14)26-7-8-27-17(13-26)10-16(20(27)28)4-2-3-15-5-6-18(22)19(23)9-15/h2-3,5-6,9,11-12,16-17H,4,7-8,10,13H2,1H3/b3-2+/t16-,17-/m0/s1. The van der Waals surface area contributed by atoms with Crippen LogP contribution in [0.5, 0.6) is 0 Å². The lowest BCUT2D eigenvalue weighted by molar-refractivity contribution is -0.132. The van der Waals surface area contributed by atoms with Crippen molar-refractivity contribution in [1.29, 1.82) is 0 Å². The Morgan fingerprint density at radius 3 is 2.71 bits per heavy atom. The maximum absolute atomic E-state index is 13.3. The number of allylic oxidation sites excluding steroid dienone is 1. The third-order valence-corrected chi connectivity index (χ3v) is 5.40. The first-order valence-corrected chi connectivity index (χ1v) is 9.47. The Hall–Kier alpha value is -2.83. The van der Waals surface area contributed by atoms with E-state index in [0.717, 1.165) is 37.2 Å². The Morgan fingerprint density at radius 2 is 1.96 bits per heavy atom. The van der Waals surface area contributed by atoms with E-state index in [-0.39, 0.29) is 17.9 Å². The van der Waals surface area contributed by atoms with Crippen LogP contribution in [0, 0.1) is 24.5 Å². The van der Waals surface area contributed by atoms with Gasteiger partial charge in [0.1, 0.15) is 0 Å². The van der Waals surface area contributed by atoms with Gasteiger partial charge < -0.3 is 9.80 Å². The second kappa shape index (κ2) is 7.66. The first-order chi connectivity index (χ1) is 13.5. The number of piperazine rings is 1. The van der Waals surface area contributed by atoms with Crippen molar-refractivity contribution in [2.75, 3.05) is 24.5 Å². The van der Waals surface area contributed by atoms with E-state index in [4.69, 9.17) is 0 Å². The topological polar surface area (TPSA) is 49.3 Å². The molecule has 4 rings (SSSR count). The van der Waals surface area contributed by atoms with E-state index in [1.165, 1.54) is 6.07 Å². The van der Waals surface area contributed by atoms with Gasteiger partial charge >= 0.3 is 0 Å². The number of nitrogens with zero attached hydrogens (tertiary/aromatic N) is 4.